The van der Waals surface area contributed by atoms with Gasteiger partial charge in [0.05, 0.1) is 36.5 Å². The van der Waals surface area contributed by atoms with Crippen molar-refractivity contribution in [1.82, 2.24) is 5.32 Å². The summed E-state index contributed by atoms with van der Waals surface area (Å²) in [5.74, 6) is -8.86. The van der Waals surface area contributed by atoms with Crippen LogP contribution in [0.25, 0.3) is 0 Å². The molecule has 3 heterocycles. The summed E-state index contributed by atoms with van der Waals surface area (Å²) in [5.41, 5.74) is -0.165. The first-order valence-electron chi connectivity index (χ1n) is 23.6. The number of carbonyl (C=O) groups is 6. The molecule has 0 spiro atoms. The second-order valence-corrected chi connectivity index (χ2v) is 19.2. The molecule has 5 rings (SSSR count). The van der Waals surface area contributed by atoms with Crippen LogP contribution in [0.3, 0.4) is 0 Å². The molecule has 0 bridgehead atoms. The first kappa shape index (κ1) is 55.5. The molecule has 0 radical (unpaired) electrons. The molecule has 5 unspecified atom stereocenters. The Morgan fingerprint density at radius 1 is 0.771 bits per heavy atom. The molecular formula is C51H70N2O17. The van der Waals surface area contributed by atoms with Crippen LogP contribution in [0.15, 0.2) is 60.7 Å². The Morgan fingerprint density at radius 3 is 1.89 bits per heavy atom. The minimum atomic E-state index is -2.21. The monoisotopic (exact) mass is 982 g/mol. The quantitative estimate of drug-likeness (QED) is 0.0777. The van der Waals surface area contributed by atoms with E-state index in [1.165, 1.54) is 34.8 Å². The van der Waals surface area contributed by atoms with E-state index in [0.717, 1.165) is 0 Å². The molecule has 3 fully saturated rings. The molecule has 0 aromatic heterocycles. The van der Waals surface area contributed by atoms with Crippen molar-refractivity contribution in [3.8, 4) is 0 Å². The van der Waals surface area contributed by atoms with E-state index in [9.17, 15) is 28.8 Å². The van der Waals surface area contributed by atoms with Crippen LogP contribution in [0.4, 0.5) is 0 Å². The lowest BCUT2D eigenvalue weighted by molar-refractivity contribution is -0.376. The second kappa shape index (κ2) is 24.1. The summed E-state index contributed by atoms with van der Waals surface area (Å²) in [6.07, 6.45) is -9.27. The third kappa shape index (κ3) is 13.5. The first-order valence-corrected chi connectivity index (χ1v) is 23.6. The van der Waals surface area contributed by atoms with Gasteiger partial charge in [-0.2, -0.15) is 0 Å². The summed E-state index contributed by atoms with van der Waals surface area (Å²) in [4.78, 5) is 78.5. The Labute approximate surface area is 409 Å². The van der Waals surface area contributed by atoms with Gasteiger partial charge in [0.1, 0.15) is 44.2 Å². The summed E-state index contributed by atoms with van der Waals surface area (Å²) in [5, 5.41) is 11.3. The molecule has 2 N–H and O–H groups in total. The third-order valence-corrected chi connectivity index (χ3v) is 13.8. The fraction of sp³-hybridized carbons (Fsp3) is 0.627. The van der Waals surface area contributed by atoms with E-state index in [1.54, 1.807) is 74.5 Å². The minimum Gasteiger partial charge on any atom is -0.465 e. The molecule has 386 valence electrons. The average molecular weight is 983 g/mol. The van der Waals surface area contributed by atoms with Gasteiger partial charge in [0, 0.05) is 46.0 Å². The van der Waals surface area contributed by atoms with Gasteiger partial charge in [0.2, 0.25) is 12.2 Å². The summed E-state index contributed by atoms with van der Waals surface area (Å²) in [6.45, 7) is 17.3. The molecule has 3 saturated heterocycles. The predicted molar refractivity (Wildman–Crippen MR) is 249 cm³/mol. The average Bonchev–Trinajstić information content (AvgIpc) is 3.31. The summed E-state index contributed by atoms with van der Waals surface area (Å²) in [6, 6.07) is 15.9. The van der Waals surface area contributed by atoms with Crippen molar-refractivity contribution in [2.24, 2.45) is 35.0 Å². The van der Waals surface area contributed by atoms with Crippen LogP contribution >= 0.6 is 0 Å². The zero-order valence-corrected chi connectivity index (χ0v) is 42.1. The normalized spacial score (nSPS) is 31.4. The highest BCUT2D eigenvalue weighted by Crippen LogP contribution is 2.47. The number of nitrogens with one attached hydrogen (secondary N) is 2. The van der Waals surface area contributed by atoms with Crippen LogP contribution in [0, 0.1) is 40.4 Å². The molecule has 0 saturated carbocycles. The highest BCUT2D eigenvalue weighted by molar-refractivity contribution is 5.89. The van der Waals surface area contributed by atoms with Gasteiger partial charge in [0.25, 0.3) is 5.79 Å². The maximum absolute atomic E-state index is 14.5. The minimum absolute atomic E-state index is 0.0552. The number of hydrogen-bond donors (Lipinski definition) is 2. The van der Waals surface area contributed by atoms with Gasteiger partial charge in [-0.3, -0.25) is 19.8 Å². The van der Waals surface area contributed by atoms with Gasteiger partial charge in [-0.25, -0.2) is 14.4 Å². The number of rotatable bonds is 18. The lowest BCUT2D eigenvalue weighted by Crippen LogP contribution is -2.67. The maximum Gasteiger partial charge on any atom is 0.366 e. The number of amides is 1. The smallest absolute Gasteiger partial charge is 0.366 e. The van der Waals surface area contributed by atoms with Gasteiger partial charge in [-0.05, 0) is 47.4 Å². The molecule has 3 aliphatic rings. The molecule has 3 aliphatic heterocycles. The highest BCUT2D eigenvalue weighted by Gasteiger charge is 2.60. The Bertz CT molecular complexity index is 2140. The fourth-order valence-electron chi connectivity index (χ4n) is 9.26. The summed E-state index contributed by atoms with van der Waals surface area (Å²) < 4.78 is 68.3. The molecular weight excluding hydrogens is 913 g/mol. The highest BCUT2D eigenvalue weighted by atomic mass is 16.8. The predicted octanol–water partition coefficient (Wildman–Crippen LogP) is 5.80. The van der Waals surface area contributed by atoms with E-state index in [0.29, 0.717) is 5.56 Å². The third-order valence-electron chi connectivity index (χ3n) is 13.8. The molecule has 0 aliphatic carbocycles. The van der Waals surface area contributed by atoms with Crippen molar-refractivity contribution >= 4 is 41.7 Å². The Hall–Kier alpha value is -5.47. The maximum atomic E-state index is 14.5. The van der Waals surface area contributed by atoms with E-state index in [2.05, 4.69) is 5.32 Å². The molecule has 2 aromatic rings. The zero-order chi connectivity index (χ0) is 51.7. The number of methoxy groups -OCH3 is 1. The van der Waals surface area contributed by atoms with E-state index in [1.807, 2.05) is 34.6 Å². The molecule has 15 atom stereocenters. The van der Waals surface area contributed by atoms with Gasteiger partial charge >= 0.3 is 29.8 Å². The van der Waals surface area contributed by atoms with E-state index >= 15 is 0 Å². The van der Waals surface area contributed by atoms with Gasteiger partial charge in [0.15, 0.2) is 12.2 Å². The Morgan fingerprint density at radius 2 is 1.36 bits per heavy atom. The largest absolute Gasteiger partial charge is 0.465 e. The van der Waals surface area contributed by atoms with Crippen LogP contribution in [-0.4, -0.2) is 130 Å². The standard InChI is InChI=1S/C51H70N2O17/c1-27-23-51(49(59)60-12,69-42(28(27)2)29(3)38(65-35(9)56)24-61-34(8)55)70-43-30(4)47(64-32(6)52)66-39(25-62-45(57)36-19-15-13-16-20-36)44(43)68-48-41(53-33(7)54)31(5)50(10,11)40(67-48)26-63-46(58)37-21-17-14-18-22-37/h13-22,27-31,38-44,47-48,52H,23-26H2,1-12H3,(H,53,54)/t27?,28-,29+,30+,31+,38+,39?,40?,41?,42+,43+,44-,47?,48-,51-/m0/s1. The van der Waals surface area contributed by atoms with Gasteiger partial charge in [-0.1, -0.05) is 84.9 Å². The summed E-state index contributed by atoms with van der Waals surface area (Å²) in [7, 11) is 1.18. The number of carbonyl (C=O) groups excluding carboxylic acids is 6. The van der Waals surface area contributed by atoms with E-state index < -0.39 is 127 Å². The fourth-order valence-corrected chi connectivity index (χ4v) is 9.26. The number of hydrogen-bond acceptors (Lipinski definition) is 18. The molecule has 19 heteroatoms. The van der Waals surface area contributed by atoms with Crippen LogP contribution < -0.4 is 5.32 Å². The molecule has 70 heavy (non-hydrogen) atoms. The van der Waals surface area contributed by atoms with Crippen LogP contribution in [-0.2, 0) is 71.3 Å². The van der Waals surface area contributed by atoms with Crippen molar-refractivity contribution in [3.63, 3.8) is 0 Å². The lowest BCUT2D eigenvalue weighted by atomic mass is 9.69. The Balaban J connectivity index is 1.62. The first-order chi connectivity index (χ1) is 33.0. The lowest BCUT2D eigenvalue weighted by Gasteiger charge is -2.54. The zero-order valence-electron chi connectivity index (χ0n) is 42.1. The Kier molecular flexibility index (Phi) is 19.1. The van der Waals surface area contributed by atoms with Crippen molar-refractivity contribution < 1.29 is 80.9 Å². The second-order valence-electron chi connectivity index (χ2n) is 19.2. The van der Waals surface area contributed by atoms with E-state index in [4.69, 9.17) is 57.5 Å². The molecule has 19 nitrogen and oxygen atoms in total. The van der Waals surface area contributed by atoms with Gasteiger partial charge < -0.3 is 57.4 Å². The van der Waals surface area contributed by atoms with Crippen LogP contribution in [0.5, 0.6) is 0 Å². The number of ether oxygens (including phenoxy) is 11. The van der Waals surface area contributed by atoms with Crippen molar-refractivity contribution in [2.75, 3.05) is 26.9 Å². The van der Waals surface area contributed by atoms with Crippen LogP contribution in [0.2, 0.25) is 0 Å². The summed E-state index contributed by atoms with van der Waals surface area (Å²) >= 11 is 0. The molecule has 1 amide bonds. The van der Waals surface area contributed by atoms with Crippen LogP contribution in [0.1, 0.15) is 103 Å². The topological polar surface area (TPSA) is 240 Å². The van der Waals surface area contributed by atoms with E-state index in [-0.39, 0.29) is 42.9 Å². The van der Waals surface area contributed by atoms with Gasteiger partial charge in [-0.15, -0.1) is 0 Å². The van der Waals surface area contributed by atoms with Crippen molar-refractivity contribution in [2.45, 2.75) is 144 Å². The molecule has 2 aromatic carbocycles. The number of esters is 5. The number of benzene rings is 2. The van der Waals surface area contributed by atoms with Crippen molar-refractivity contribution in [3.05, 3.63) is 71.8 Å². The SMILES string of the molecule is COC(=O)[C@@]1(O[C@@H]2[C@@H](C)C(OC(C)=N)OC(COC(=O)c3ccccc3)[C@@H]2O[C@@H]2OC(COC(=O)c3ccccc3)C(C)(C)[C@H](C)C2NC(C)=O)CC(C)[C@H](C)[C@H]([C@H](C)[C@@H](COC(C)=O)OC(C)=O)O1. The van der Waals surface area contributed by atoms with Crippen molar-refractivity contribution in [1.29, 1.82) is 5.41 Å².